The van der Waals surface area contributed by atoms with E-state index >= 15 is 0 Å². The molecule has 0 amide bonds. The van der Waals surface area contributed by atoms with E-state index in [1.54, 1.807) is 14.2 Å². The van der Waals surface area contributed by atoms with Crippen molar-refractivity contribution in [2.75, 3.05) is 14.2 Å². The smallest absolute Gasteiger partial charge is 0.160 e. The Bertz CT molecular complexity index is 385. The molecule has 0 aliphatic heterocycles. The molecule has 0 saturated heterocycles. The molecule has 0 saturated carbocycles. The number of ketones is 1. The van der Waals surface area contributed by atoms with Crippen molar-refractivity contribution in [3.63, 3.8) is 0 Å². The van der Waals surface area contributed by atoms with Gasteiger partial charge in [0.05, 0.1) is 14.2 Å². The zero-order chi connectivity index (χ0) is 13.4. The zero-order valence-electron chi connectivity index (χ0n) is 11.5. The van der Waals surface area contributed by atoms with E-state index in [1.807, 2.05) is 25.1 Å². The van der Waals surface area contributed by atoms with Crippen molar-refractivity contribution < 1.29 is 14.3 Å². The fourth-order valence-corrected chi connectivity index (χ4v) is 1.93. The van der Waals surface area contributed by atoms with Gasteiger partial charge < -0.3 is 9.47 Å². The molecule has 18 heavy (non-hydrogen) atoms. The third kappa shape index (κ3) is 4.40. The number of hydrogen-bond acceptors (Lipinski definition) is 3. The first kappa shape index (κ1) is 14.6. The van der Waals surface area contributed by atoms with Crippen molar-refractivity contribution in [2.45, 2.75) is 39.0 Å². The Hall–Kier alpha value is -1.51. The van der Waals surface area contributed by atoms with Gasteiger partial charge in [0.2, 0.25) is 0 Å². The van der Waals surface area contributed by atoms with Crippen molar-refractivity contribution >= 4 is 5.78 Å². The molecule has 0 unspecified atom stereocenters. The lowest BCUT2D eigenvalue weighted by Crippen LogP contribution is -1.98. The summed E-state index contributed by atoms with van der Waals surface area (Å²) in [4.78, 5) is 11.4. The summed E-state index contributed by atoms with van der Waals surface area (Å²) < 4.78 is 10.4. The second-order valence-corrected chi connectivity index (χ2v) is 4.33. The lowest BCUT2D eigenvalue weighted by atomic mass is 10.0. The van der Waals surface area contributed by atoms with Crippen LogP contribution in [0.25, 0.3) is 0 Å². The van der Waals surface area contributed by atoms with Gasteiger partial charge in [-0.2, -0.15) is 0 Å². The number of Topliss-reactive ketones (excluding diaryl/α,β-unsaturated/α-hetero) is 1. The lowest BCUT2D eigenvalue weighted by Gasteiger charge is -2.09. The van der Waals surface area contributed by atoms with Crippen LogP contribution in [0.15, 0.2) is 18.2 Å². The molecule has 0 spiro atoms. The van der Waals surface area contributed by atoms with Gasteiger partial charge in [-0.25, -0.2) is 0 Å². The Morgan fingerprint density at radius 3 is 2.44 bits per heavy atom. The summed E-state index contributed by atoms with van der Waals surface area (Å²) in [5.74, 6) is 1.84. The largest absolute Gasteiger partial charge is 0.493 e. The van der Waals surface area contributed by atoms with Gasteiger partial charge in [0.1, 0.15) is 5.78 Å². The molecule has 3 heteroatoms. The Balaban J connectivity index is 2.50. The summed E-state index contributed by atoms with van der Waals surface area (Å²) in [6.45, 7) is 2.03. The van der Waals surface area contributed by atoms with Crippen LogP contribution in [-0.2, 0) is 11.2 Å². The van der Waals surface area contributed by atoms with E-state index < -0.39 is 0 Å². The SMILES string of the molecule is CCCC(=O)CCCc1ccc(OC)c(OC)c1. The summed E-state index contributed by atoms with van der Waals surface area (Å²) >= 11 is 0. The van der Waals surface area contributed by atoms with Crippen LogP contribution in [0.5, 0.6) is 11.5 Å². The highest BCUT2D eigenvalue weighted by atomic mass is 16.5. The minimum absolute atomic E-state index is 0.359. The highest BCUT2D eigenvalue weighted by molar-refractivity contribution is 5.78. The molecule has 0 bridgehead atoms. The Morgan fingerprint density at radius 1 is 1.11 bits per heavy atom. The summed E-state index contributed by atoms with van der Waals surface area (Å²) in [7, 11) is 3.26. The van der Waals surface area contributed by atoms with Crippen molar-refractivity contribution in [1.29, 1.82) is 0 Å². The van der Waals surface area contributed by atoms with E-state index in [9.17, 15) is 4.79 Å². The van der Waals surface area contributed by atoms with Gasteiger partial charge in [0, 0.05) is 12.8 Å². The fourth-order valence-electron chi connectivity index (χ4n) is 1.93. The van der Waals surface area contributed by atoms with E-state index in [4.69, 9.17) is 9.47 Å². The number of ether oxygens (including phenoxy) is 2. The number of methoxy groups -OCH3 is 2. The number of carbonyl (C=O) groups excluding carboxylic acids is 1. The van der Waals surface area contributed by atoms with Crippen molar-refractivity contribution in [3.05, 3.63) is 23.8 Å². The van der Waals surface area contributed by atoms with Crippen LogP contribution in [0.1, 0.15) is 38.2 Å². The number of carbonyl (C=O) groups is 1. The van der Waals surface area contributed by atoms with Gasteiger partial charge in [-0.05, 0) is 37.0 Å². The van der Waals surface area contributed by atoms with Crippen molar-refractivity contribution in [1.82, 2.24) is 0 Å². The van der Waals surface area contributed by atoms with E-state index in [0.29, 0.717) is 18.6 Å². The van der Waals surface area contributed by atoms with Crippen molar-refractivity contribution in [3.8, 4) is 11.5 Å². The third-order valence-electron chi connectivity index (χ3n) is 2.90. The molecular formula is C15H22O3. The first-order valence-corrected chi connectivity index (χ1v) is 6.43. The van der Waals surface area contributed by atoms with E-state index in [1.165, 1.54) is 5.56 Å². The van der Waals surface area contributed by atoms with Gasteiger partial charge >= 0.3 is 0 Å². The quantitative estimate of drug-likeness (QED) is 0.709. The third-order valence-corrected chi connectivity index (χ3v) is 2.90. The summed E-state index contributed by atoms with van der Waals surface area (Å²) in [6.07, 6.45) is 4.10. The molecule has 0 fully saturated rings. The average molecular weight is 250 g/mol. The minimum atomic E-state index is 0.359. The van der Waals surface area contributed by atoms with Gasteiger partial charge in [-0.1, -0.05) is 13.0 Å². The van der Waals surface area contributed by atoms with E-state index in [0.717, 1.165) is 30.8 Å². The molecule has 0 aromatic heterocycles. The molecule has 1 aromatic rings. The first-order valence-electron chi connectivity index (χ1n) is 6.43. The van der Waals surface area contributed by atoms with Crippen molar-refractivity contribution in [2.24, 2.45) is 0 Å². The van der Waals surface area contributed by atoms with Gasteiger partial charge in [0.15, 0.2) is 11.5 Å². The minimum Gasteiger partial charge on any atom is -0.493 e. The molecular weight excluding hydrogens is 228 g/mol. The summed E-state index contributed by atoms with van der Waals surface area (Å²) in [5, 5.41) is 0. The molecule has 0 N–H and O–H groups in total. The number of rotatable bonds is 8. The Labute approximate surface area is 109 Å². The summed E-state index contributed by atoms with van der Waals surface area (Å²) in [6, 6.07) is 5.90. The Morgan fingerprint density at radius 2 is 1.83 bits per heavy atom. The second kappa shape index (κ2) is 7.75. The molecule has 0 atom stereocenters. The average Bonchev–Trinajstić information content (AvgIpc) is 2.38. The monoisotopic (exact) mass is 250 g/mol. The predicted molar refractivity (Wildman–Crippen MR) is 72.4 cm³/mol. The highest BCUT2D eigenvalue weighted by Crippen LogP contribution is 2.28. The standard InChI is InChI=1S/C15H22O3/c1-4-6-13(16)8-5-7-12-9-10-14(17-2)15(11-12)18-3/h9-11H,4-8H2,1-3H3. The van der Waals surface area contributed by atoms with Crippen LogP contribution < -0.4 is 9.47 Å². The maximum absolute atomic E-state index is 11.4. The first-order chi connectivity index (χ1) is 8.71. The molecule has 0 aliphatic rings. The van der Waals surface area contributed by atoms with Crippen LogP contribution in [0.2, 0.25) is 0 Å². The fraction of sp³-hybridized carbons (Fsp3) is 0.533. The maximum Gasteiger partial charge on any atom is 0.160 e. The molecule has 1 aromatic carbocycles. The van der Waals surface area contributed by atoms with Crippen LogP contribution in [-0.4, -0.2) is 20.0 Å². The lowest BCUT2D eigenvalue weighted by molar-refractivity contribution is -0.119. The van der Waals surface area contributed by atoms with E-state index in [2.05, 4.69) is 0 Å². The van der Waals surface area contributed by atoms with Crippen LogP contribution in [0, 0.1) is 0 Å². The maximum atomic E-state index is 11.4. The van der Waals surface area contributed by atoms with Crippen LogP contribution in [0.3, 0.4) is 0 Å². The van der Waals surface area contributed by atoms with Gasteiger partial charge in [0.25, 0.3) is 0 Å². The number of aryl methyl sites for hydroxylation is 1. The molecule has 1 rings (SSSR count). The topological polar surface area (TPSA) is 35.5 Å². The molecule has 100 valence electrons. The normalized spacial score (nSPS) is 10.2. The highest BCUT2D eigenvalue weighted by Gasteiger charge is 2.05. The van der Waals surface area contributed by atoms with Gasteiger partial charge in [-0.3, -0.25) is 4.79 Å². The van der Waals surface area contributed by atoms with Crippen LogP contribution in [0.4, 0.5) is 0 Å². The predicted octanol–water partition coefficient (Wildman–Crippen LogP) is 3.40. The van der Waals surface area contributed by atoms with Crippen LogP contribution >= 0.6 is 0 Å². The molecule has 0 heterocycles. The zero-order valence-corrected chi connectivity index (χ0v) is 11.5. The van der Waals surface area contributed by atoms with E-state index in [-0.39, 0.29) is 0 Å². The molecule has 0 radical (unpaired) electrons. The number of hydrogen-bond donors (Lipinski definition) is 0. The summed E-state index contributed by atoms with van der Waals surface area (Å²) in [5.41, 5.74) is 1.18. The van der Waals surface area contributed by atoms with Gasteiger partial charge in [-0.15, -0.1) is 0 Å². The second-order valence-electron chi connectivity index (χ2n) is 4.33. The Kier molecular flexibility index (Phi) is 6.26. The number of benzene rings is 1. The molecule has 0 aliphatic carbocycles. The molecule has 3 nitrogen and oxygen atoms in total.